The first-order chi connectivity index (χ1) is 14.4. The molecule has 178 valence electrons. The standard InChI is InChI=1S/C25H49NO4/c1-6-8-10-12-15-22(16-13-11-9-7-2)25(3)29-21-23(30-25)18-20-28-24(27)17-14-19-26(4)5/h22-23H,6-21H2,1-5H3. The molecule has 0 amide bonds. The number of ether oxygens (including phenoxy) is 3. The van der Waals surface area contributed by atoms with Crippen molar-refractivity contribution in [3.05, 3.63) is 0 Å². The Balaban J connectivity index is 2.39. The predicted octanol–water partition coefficient (Wildman–Crippen LogP) is 5.95. The maximum absolute atomic E-state index is 11.9. The third-order valence-electron chi connectivity index (χ3n) is 6.20. The molecule has 1 aliphatic heterocycles. The van der Waals surface area contributed by atoms with Crippen molar-refractivity contribution in [1.82, 2.24) is 4.90 Å². The Labute approximate surface area is 186 Å². The molecule has 1 saturated heterocycles. The summed E-state index contributed by atoms with van der Waals surface area (Å²) in [5, 5.41) is 0. The highest BCUT2D eigenvalue weighted by atomic mass is 16.7. The van der Waals surface area contributed by atoms with Crippen LogP contribution in [-0.4, -0.2) is 56.6 Å². The molecule has 0 N–H and O–H groups in total. The smallest absolute Gasteiger partial charge is 0.305 e. The van der Waals surface area contributed by atoms with Gasteiger partial charge < -0.3 is 19.1 Å². The molecule has 0 saturated carbocycles. The molecule has 5 heteroatoms. The van der Waals surface area contributed by atoms with E-state index in [0.29, 0.717) is 32.0 Å². The van der Waals surface area contributed by atoms with Gasteiger partial charge in [-0.3, -0.25) is 4.79 Å². The van der Waals surface area contributed by atoms with Gasteiger partial charge in [-0.15, -0.1) is 0 Å². The summed E-state index contributed by atoms with van der Waals surface area (Å²) in [4.78, 5) is 13.9. The minimum absolute atomic E-state index is 0.0263. The van der Waals surface area contributed by atoms with Crippen molar-refractivity contribution in [2.45, 2.75) is 116 Å². The van der Waals surface area contributed by atoms with E-state index in [1.54, 1.807) is 0 Å². The van der Waals surface area contributed by atoms with Crippen LogP contribution in [0.25, 0.3) is 0 Å². The minimum Gasteiger partial charge on any atom is -0.466 e. The van der Waals surface area contributed by atoms with Gasteiger partial charge in [-0.05, 0) is 46.8 Å². The lowest BCUT2D eigenvalue weighted by molar-refractivity contribution is -0.196. The van der Waals surface area contributed by atoms with E-state index in [1.165, 1.54) is 64.2 Å². The van der Waals surface area contributed by atoms with Gasteiger partial charge in [-0.25, -0.2) is 0 Å². The SMILES string of the molecule is CCCCCCC(CCCCCC)C1(C)OCC(CCOC(=O)CCCN(C)C)O1. The van der Waals surface area contributed by atoms with Gasteiger partial charge in [0.2, 0.25) is 0 Å². The van der Waals surface area contributed by atoms with Crippen molar-refractivity contribution < 1.29 is 19.0 Å². The van der Waals surface area contributed by atoms with Crippen molar-refractivity contribution in [2.75, 3.05) is 33.9 Å². The van der Waals surface area contributed by atoms with Crippen LogP contribution in [0.3, 0.4) is 0 Å². The second-order valence-electron chi connectivity index (χ2n) is 9.38. The van der Waals surface area contributed by atoms with Gasteiger partial charge in [0.15, 0.2) is 5.79 Å². The minimum atomic E-state index is -0.487. The number of unbranched alkanes of at least 4 members (excludes halogenated alkanes) is 6. The molecule has 1 rings (SSSR count). The summed E-state index contributed by atoms with van der Waals surface area (Å²) in [6, 6.07) is 0. The Bertz CT molecular complexity index is 431. The highest BCUT2D eigenvalue weighted by Crippen LogP contribution is 2.38. The molecule has 0 radical (unpaired) electrons. The van der Waals surface area contributed by atoms with Crippen LogP contribution >= 0.6 is 0 Å². The fourth-order valence-electron chi connectivity index (χ4n) is 4.23. The summed E-state index contributed by atoms with van der Waals surface area (Å²) >= 11 is 0. The lowest BCUT2D eigenvalue weighted by atomic mass is 9.88. The van der Waals surface area contributed by atoms with E-state index in [4.69, 9.17) is 14.2 Å². The first-order valence-electron chi connectivity index (χ1n) is 12.5. The van der Waals surface area contributed by atoms with Crippen LogP contribution < -0.4 is 0 Å². The van der Waals surface area contributed by atoms with Crippen molar-refractivity contribution in [1.29, 1.82) is 0 Å². The van der Waals surface area contributed by atoms with Crippen LogP contribution in [0.15, 0.2) is 0 Å². The highest BCUT2D eigenvalue weighted by molar-refractivity contribution is 5.69. The van der Waals surface area contributed by atoms with E-state index >= 15 is 0 Å². The quantitative estimate of drug-likeness (QED) is 0.200. The number of carbonyl (C=O) groups excluding carboxylic acids is 1. The fourth-order valence-corrected chi connectivity index (χ4v) is 4.23. The first kappa shape index (κ1) is 27.4. The number of nitrogens with zero attached hydrogens (tertiary/aromatic N) is 1. The summed E-state index contributed by atoms with van der Waals surface area (Å²) in [6.45, 7) is 8.58. The van der Waals surface area contributed by atoms with Crippen molar-refractivity contribution >= 4 is 5.97 Å². The summed E-state index contributed by atoms with van der Waals surface area (Å²) in [7, 11) is 4.03. The molecule has 0 spiro atoms. The van der Waals surface area contributed by atoms with E-state index in [1.807, 2.05) is 14.1 Å². The highest BCUT2D eigenvalue weighted by Gasteiger charge is 2.43. The molecule has 2 unspecified atom stereocenters. The number of esters is 1. The average molecular weight is 428 g/mol. The van der Waals surface area contributed by atoms with Gasteiger partial charge in [0.25, 0.3) is 0 Å². The van der Waals surface area contributed by atoms with Gasteiger partial charge in [0.05, 0.1) is 19.3 Å². The largest absolute Gasteiger partial charge is 0.466 e. The van der Waals surface area contributed by atoms with Crippen molar-refractivity contribution in [3.63, 3.8) is 0 Å². The molecule has 0 aromatic rings. The van der Waals surface area contributed by atoms with Crippen LogP contribution in [-0.2, 0) is 19.0 Å². The van der Waals surface area contributed by atoms with Crippen LogP contribution in [0.5, 0.6) is 0 Å². The summed E-state index contributed by atoms with van der Waals surface area (Å²) in [6.07, 6.45) is 14.7. The summed E-state index contributed by atoms with van der Waals surface area (Å²) in [5.74, 6) is -0.147. The maximum Gasteiger partial charge on any atom is 0.305 e. The Hall–Kier alpha value is -0.650. The van der Waals surface area contributed by atoms with Gasteiger partial charge in [-0.1, -0.05) is 65.2 Å². The van der Waals surface area contributed by atoms with Crippen molar-refractivity contribution in [2.24, 2.45) is 5.92 Å². The van der Waals surface area contributed by atoms with Gasteiger partial charge in [0.1, 0.15) is 0 Å². The number of hydrogen-bond donors (Lipinski definition) is 0. The summed E-state index contributed by atoms with van der Waals surface area (Å²) < 4.78 is 18.0. The number of hydrogen-bond acceptors (Lipinski definition) is 5. The molecule has 1 aliphatic rings. The van der Waals surface area contributed by atoms with E-state index < -0.39 is 5.79 Å². The Kier molecular flexibility index (Phi) is 14.6. The molecule has 1 fully saturated rings. The molecular formula is C25H49NO4. The fraction of sp³-hybridized carbons (Fsp3) is 0.960. The summed E-state index contributed by atoms with van der Waals surface area (Å²) in [5.41, 5.74) is 0. The predicted molar refractivity (Wildman–Crippen MR) is 124 cm³/mol. The molecule has 5 nitrogen and oxygen atoms in total. The Morgan fingerprint density at radius 3 is 2.23 bits per heavy atom. The zero-order chi connectivity index (χ0) is 22.2. The zero-order valence-electron chi connectivity index (χ0n) is 20.5. The molecule has 1 heterocycles. The molecule has 0 bridgehead atoms. The monoisotopic (exact) mass is 427 g/mol. The van der Waals surface area contributed by atoms with Gasteiger partial charge in [-0.2, -0.15) is 0 Å². The van der Waals surface area contributed by atoms with Gasteiger partial charge in [0, 0.05) is 18.8 Å². The van der Waals surface area contributed by atoms with E-state index in [0.717, 1.165) is 13.0 Å². The van der Waals surface area contributed by atoms with E-state index in [2.05, 4.69) is 25.7 Å². The number of rotatable bonds is 18. The second kappa shape index (κ2) is 16.0. The third-order valence-corrected chi connectivity index (χ3v) is 6.20. The van der Waals surface area contributed by atoms with Gasteiger partial charge >= 0.3 is 5.97 Å². The van der Waals surface area contributed by atoms with Crippen LogP contribution in [0.2, 0.25) is 0 Å². The average Bonchev–Trinajstić information content (AvgIpc) is 3.08. The lowest BCUT2D eigenvalue weighted by Gasteiger charge is -2.33. The molecule has 30 heavy (non-hydrogen) atoms. The normalized spacial score (nSPS) is 21.6. The lowest BCUT2D eigenvalue weighted by Crippen LogP contribution is -2.37. The third kappa shape index (κ3) is 11.7. The van der Waals surface area contributed by atoms with E-state index in [9.17, 15) is 4.79 Å². The van der Waals surface area contributed by atoms with E-state index in [-0.39, 0.29) is 12.1 Å². The molecule has 0 aromatic carbocycles. The Morgan fingerprint density at radius 2 is 1.67 bits per heavy atom. The van der Waals surface area contributed by atoms with Crippen molar-refractivity contribution in [3.8, 4) is 0 Å². The topological polar surface area (TPSA) is 48.0 Å². The second-order valence-corrected chi connectivity index (χ2v) is 9.38. The molecular weight excluding hydrogens is 378 g/mol. The zero-order valence-corrected chi connectivity index (χ0v) is 20.5. The molecule has 2 atom stereocenters. The number of carbonyl (C=O) groups is 1. The maximum atomic E-state index is 11.9. The molecule has 0 aromatic heterocycles. The first-order valence-corrected chi connectivity index (χ1v) is 12.5. The van der Waals surface area contributed by atoms with Crippen LogP contribution in [0, 0.1) is 5.92 Å². The van der Waals surface area contributed by atoms with Crippen LogP contribution in [0.4, 0.5) is 0 Å². The van der Waals surface area contributed by atoms with Crippen LogP contribution in [0.1, 0.15) is 104 Å². The molecule has 0 aliphatic carbocycles. The Morgan fingerprint density at radius 1 is 1.03 bits per heavy atom.